The van der Waals surface area contributed by atoms with E-state index in [0.29, 0.717) is 23.8 Å². The second-order valence-corrected chi connectivity index (χ2v) is 5.85. The summed E-state index contributed by atoms with van der Waals surface area (Å²) >= 11 is 0. The number of carbonyl (C=O) groups excluding carboxylic acids is 1. The van der Waals surface area contributed by atoms with Gasteiger partial charge in [-0.15, -0.1) is 0 Å². The van der Waals surface area contributed by atoms with E-state index in [2.05, 4.69) is 17.0 Å². The van der Waals surface area contributed by atoms with Crippen LogP contribution in [0.25, 0.3) is 5.65 Å². The van der Waals surface area contributed by atoms with Gasteiger partial charge in [-0.1, -0.05) is 13.3 Å². The van der Waals surface area contributed by atoms with Crippen LogP contribution in [0.3, 0.4) is 0 Å². The summed E-state index contributed by atoms with van der Waals surface area (Å²) in [6.45, 7) is 3.05. The molecule has 3 rings (SSSR count). The van der Waals surface area contributed by atoms with Gasteiger partial charge in [0.15, 0.2) is 11.3 Å². The van der Waals surface area contributed by atoms with Gasteiger partial charge in [-0.25, -0.2) is 9.50 Å². The van der Waals surface area contributed by atoms with E-state index < -0.39 is 0 Å². The average Bonchev–Trinajstić information content (AvgIpc) is 3.13. The topological polar surface area (TPSA) is 70.7 Å². The first-order chi connectivity index (χ1) is 10.7. The highest BCUT2D eigenvalue weighted by Gasteiger charge is 2.30. The van der Waals surface area contributed by atoms with Crippen LogP contribution >= 0.6 is 0 Å². The number of hydrogen-bond donors (Lipinski definition) is 1. The van der Waals surface area contributed by atoms with E-state index in [4.69, 9.17) is 5.11 Å². The fraction of sp³-hybridized carbons (Fsp3) is 0.562. The first-order valence-corrected chi connectivity index (χ1v) is 7.99. The summed E-state index contributed by atoms with van der Waals surface area (Å²) in [5.74, 6) is 0.00478. The molecule has 118 valence electrons. The van der Waals surface area contributed by atoms with Gasteiger partial charge in [0.05, 0.1) is 0 Å². The maximum Gasteiger partial charge on any atom is 0.274 e. The number of rotatable bonds is 5. The van der Waals surface area contributed by atoms with Gasteiger partial charge < -0.3 is 10.0 Å². The van der Waals surface area contributed by atoms with Gasteiger partial charge in [0.1, 0.15) is 0 Å². The Hall–Kier alpha value is -1.95. The van der Waals surface area contributed by atoms with E-state index in [-0.39, 0.29) is 12.5 Å². The van der Waals surface area contributed by atoms with Gasteiger partial charge in [-0.3, -0.25) is 4.79 Å². The fourth-order valence-corrected chi connectivity index (χ4v) is 3.16. The molecule has 1 saturated heterocycles. The Labute approximate surface area is 129 Å². The van der Waals surface area contributed by atoms with E-state index >= 15 is 0 Å². The molecule has 0 unspecified atom stereocenters. The highest BCUT2D eigenvalue weighted by atomic mass is 16.3. The summed E-state index contributed by atoms with van der Waals surface area (Å²) in [6.07, 6.45) is 8.38. The molecule has 2 aromatic rings. The lowest BCUT2D eigenvalue weighted by molar-refractivity contribution is 0.0723. The second kappa shape index (κ2) is 6.44. The quantitative estimate of drug-likeness (QED) is 0.912. The fourth-order valence-electron chi connectivity index (χ4n) is 3.16. The number of likely N-dealkylation sites (tertiary alicyclic amines) is 1. The monoisotopic (exact) mass is 302 g/mol. The highest BCUT2D eigenvalue weighted by molar-refractivity contribution is 5.93. The number of carbonyl (C=O) groups is 1. The molecule has 0 spiro atoms. The molecule has 22 heavy (non-hydrogen) atoms. The van der Waals surface area contributed by atoms with Crippen molar-refractivity contribution in [2.24, 2.45) is 0 Å². The zero-order valence-electron chi connectivity index (χ0n) is 12.9. The molecule has 0 bridgehead atoms. The van der Waals surface area contributed by atoms with Crippen LogP contribution in [0.4, 0.5) is 0 Å². The van der Waals surface area contributed by atoms with Crippen molar-refractivity contribution in [1.29, 1.82) is 0 Å². The van der Waals surface area contributed by atoms with Gasteiger partial charge in [-0.2, -0.15) is 5.10 Å². The molecule has 1 aliphatic rings. The predicted octanol–water partition coefficient (Wildman–Crippen LogP) is 1.67. The minimum atomic E-state index is 0.00478. The summed E-state index contributed by atoms with van der Waals surface area (Å²) in [5, 5.41) is 13.4. The second-order valence-electron chi connectivity index (χ2n) is 5.85. The first kappa shape index (κ1) is 15.0. The van der Waals surface area contributed by atoms with E-state index in [9.17, 15) is 4.79 Å². The molecule has 1 aliphatic heterocycles. The molecule has 0 radical (unpaired) electrons. The van der Waals surface area contributed by atoms with Gasteiger partial charge in [-0.05, 0) is 31.2 Å². The molecule has 0 saturated carbocycles. The normalized spacial score (nSPS) is 18.3. The molecule has 1 atom stereocenters. The van der Waals surface area contributed by atoms with E-state index in [1.165, 1.54) is 0 Å². The van der Waals surface area contributed by atoms with Crippen molar-refractivity contribution in [3.63, 3.8) is 0 Å². The Morgan fingerprint density at radius 2 is 2.36 bits per heavy atom. The summed E-state index contributed by atoms with van der Waals surface area (Å²) in [5.41, 5.74) is 2.02. The Kier molecular flexibility index (Phi) is 4.38. The van der Waals surface area contributed by atoms with Gasteiger partial charge in [0, 0.05) is 37.7 Å². The Balaban J connectivity index is 1.84. The predicted molar refractivity (Wildman–Crippen MR) is 82.7 cm³/mol. The molecule has 1 fully saturated rings. The van der Waals surface area contributed by atoms with Crippen molar-refractivity contribution in [3.05, 3.63) is 29.7 Å². The van der Waals surface area contributed by atoms with Crippen LogP contribution in [-0.4, -0.2) is 49.7 Å². The smallest absolute Gasteiger partial charge is 0.274 e. The van der Waals surface area contributed by atoms with E-state index in [0.717, 1.165) is 37.8 Å². The number of amides is 1. The zero-order valence-corrected chi connectivity index (χ0v) is 12.9. The zero-order chi connectivity index (χ0) is 15.5. The van der Waals surface area contributed by atoms with Crippen molar-refractivity contribution < 1.29 is 9.90 Å². The Bertz CT molecular complexity index is 667. The molecule has 0 aliphatic carbocycles. The third kappa shape index (κ3) is 2.83. The molecule has 6 heteroatoms. The minimum Gasteiger partial charge on any atom is -0.396 e. The lowest BCUT2D eigenvalue weighted by Crippen LogP contribution is -2.35. The molecule has 1 amide bonds. The molecule has 3 heterocycles. The Morgan fingerprint density at radius 1 is 1.50 bits per heavy atom. The molecule has 6 nitrogen and oxygen atoms in total. The number of aliphatic hydroxyl groups is 1. The van der Waals surface area contributed by atoms with Gasteiger partial charge in [0.2, 0.25) is 0 Å². The third-order valence-electron chi connectivity index (χ3n) is 4.25. The first-order valence-electron chi connectivity index (χ1n) is 7.99. The minimum absolute atomic E-state index is 0.00478. The van der Waals surface area contributed by atoms with Crippen LogP contribution in [0.1, 0.15) is 48.7 Å². The number of hydrogen-bond acceptors (Lipinski definition) is 4. The van der Waals surface area contributed by atoms with Gasteiger partial charge in [0.25, 0.3) is 5.91 Å². The van der Waals surface area contributed by atoms with Crippen LogP contribution in [0, 0.1) is 0 Å². The Morgan fingerprint density at radius 3 is 3.14 bits per heavy atom. The molecular weight excluding hydrogens is 280 g/mol. The van der Waals surface area contributed by atoms with E-state index in [1.54, 1.807) is 16.8 Å². The summed E-state index contributed by atoms with van der Waals surface area (Å²) in [6, 6.07) is 2.09. The van der Waals surface area contributed by atoms with Crippen molar-refractivity contribution in [2.45, 2.75) is 45.1 Å². The lowest BCUT2D eigenvalue weighted by Gasteiger charge is -2.23. The SMILES string of the molecule is CCC[C@@H]1CCCN1C(=O)c1cc2ncc(CCO)cn2n1. The number of nitrogens with zero attached hydrogens (tertiary/aromatic N) is 4. The average molecular weight is 302 g/mol. The van der Waals surface area contributed by atoms with Crippen molar-refractivity contribution in [3.8, 4) is 0 Å². The van der Waals surface area contributed by atoms with Gasteiger partial charge >= 0.3 is 0 Å². The van der Waals surface area contributed by atoms with Crippen molar-refractivity contribution >= 4 is 11.6 Å². The largest absolute Gasteiger partial charge is 0.396 e. The maximum atomic E-state index is 12.7. The number of aromatic nitrogens is 3. The molecule has 0 aromatic carbocycles. The van der Waals surface area contributed by atoms with E-state index in [1.807, 2.05) is 11.1 Å². The lowest BCUT2D eigenvalue weighted by atomic mass is 10.1. The summed E-state index contributed by atoms with van der Waals surface area (Å²) in [4.78, 5) is 19.0. The standard InChI is InChI=1S/C16H22N4O2/c1-2-4-13-5-3-7-19(13)16(22)14-9-15-17-10-12(6-8-21)11-20(15)18-14/h9-11,13,21H,2-8H2,1H3/t13-/m1/s1. The number of fused-ring (bicyclic) bond motifs is 1. The third-order valence-corrected chi connectivity index (χ3v) is 4.25. The van der Waals surface area contributed by atoms with Crippen molar-refractivity contribution in [2.75, 3.05) is 13.2 Å². The van der Waals surface area contributed by atoms with Crippen LogP contribution in [-0.2, 0) is 6.42 Å². The van der Waals surface area contributed by atoms with Crippen LogP contribution < -0.4 is 0 Å². The maximum absolute atomic E-state index is 12.7. The molecule has 2 aromatic heterocycles. The van der Waals surface area contributed by atoms with Crippen molar-refractivity contribution in [1.82, 2.24) is 19.5 Å². The van der Waals surface area contributed by atoms with Crippen LogP contribution in [0.2, 0.25) is 0 Å². The molecular formula is C16H22N4O2. The summed E-state index contributed by atoms with van der Waals surface area (Å²) in [7, 11) is 0. The molecule has 1 N–H and O–H groups in total. The highest BCUT2D eigenvalue weighted by Crippen LogP contribution is 2.23. The number of aliphatic hydroxyl groups excluding tert-OH is 1. The van der Waals surface area contributed by atoms with Crippen LogP contribution in [0.5, 0.6) is 0 Å². The van der Waals surface area contributed by atoms with Crippen LogP contribution in [0.15, 0.2) is 18.5 Å². The summed E-state index contributed by atoms with van der Waals surface area (Å²) < 4.78 is 1.63.